The number of thiophene rings is 1. The van der Waals surface area contributed by atoms with Crippen LogP contribution in [0.3, 0.4) is 0 Å². The zero-order chi connectivity index (χ0) is 22.3. The van der Waals surface area contributed by atoms with Gasteiger partial charge in [0.25, 0.3) is 5.56 Å². The van der Waals surface area contributed by atoms with Gasteiger partial charge in [0.2, 0.25) is 15.9 Å². The van der Waals surface area contributed by atoms with Crippen molar-refractivity contribution in [3.05, 3.63) is 57.5 Å². The lowest BCUT2D eigenvalue weighted by Gasteiger charge is -2.34. The molecule has 0 atom stereocenters. The van der Waals surface area contributed by atoms with Crippen LogP contribution in [-0.4, -0.2) is 59.3 Å². The number of fused-ring (bicyclic) bond motifs is 2. The molecule has 8 nitrogen and oxygen atoms in total. The van der Waals surface area contributed by atoms with Crippen molar-refractivity contribution in [3.8, 4) is 0 Å². The zero-order valence-corrected chi connectivity index (χ0v) is 19.2. The van der Waals surface area contributed by atoms with Crippen LogP contribution >= 0.6 is 11.3 Å². The SMILES string of the molecule is O=C(Cn1cnc2ccsc2c1=O)N1CCN(S(=O)(=O)c2ccc3c(c2)CCCC3)CC1. The van der Waals surface area contributed by atoms with Gasteiger partial charge in [0.1, 0.15) is 11.2 Å². The lowest BCUT2D eigenvalue weighted by molar-refractivity contribution is -0.133. The Labute approximate surface area is 190 Å². The Morgan fingerprint density at radius 1 is 1.03 bits per heavy atom. The van der Waals surface area contributed by atoms with Crippen LogP contribution in [0.2, 0.25) is 0 Å². The maximum atomic E-state index is 13.2. The molecular weight excluding hydrogens is 448 g/mol. The summed E-state index contributed by atoms with van der Waals surface area (Å²) in [6.45, 7) is 0.973. The second-order valence-corrected chi connectivity index (χ2v) is 11.1. The number of aromatic nitrogens is 2. The van der Waals surface area contributed by atoms with E-state index < -0.39 is 10.0 Å². The topological polar surface area (TPSA) is 92.6 Å². The van der Waals surface area contributed by atoms with E-state index in [0.29, 0.717) is 28.2 Å². The predicted molar refractivity (Wildman–Crippen MR) is 122 cm³/mol. The third-order valence-corrected chi connectivity index (χ3v) is 9.08. The van der Waals surface area contributed by atoms with Crippen molar-refractivity contribution < 1.29 is 13.2 Å². The zero-order valence-electron chi connectivity index (χ0n) is 17.6. The first-order valence-electron chi connectivity index (χ1n) is 10.8. The summed E-state index contributed by atoms with van der Waals surface area (Å²) in [7, 11) is -3.60. The van der Waals surface area contributed by atoms with E-state index in [2.05, 4.69) is 4.98 Å². The van der Waals surface area contributed by atoms with Crippen LogP contribution in [0.5, 0.6) is 0 Å². The van der Waals surface area contributed by atoms with Gasteiger partial charge in [-0.1, -0.05) is 6.07 Å². The number of piperazine rings is 1. The predicted octanol–water partition coefficient (Wildman–Crippen LogP) is 1.87. The summed E-state index contributed by atoms with van der Waals surface area (Å²) in [6.07, 6.45) is 5.57. The summed E-state index contributed by atoms with van der Waals surface area (Å²) in [6, 6.07) is 7.24. The van der Waals surface area contributed by atoms with Crippen molar-refractivity contribution in [3.63, 3.8) is 0 Å². The van der Waals surface area contributed by atoms with E-state index in [-0.39, 0.29) is 31.1 Å². The van der Waals surface area contributed by atoms with E-state index in [1.165, 1.54) is 32.1 Å². The molecule has 0 bridgehead atoms. The van der Waals surface area contributed by atoms with E-state index in [4.69, 9.17) is 0 Å². The number of carbonyl (C=O) groups is 1. The number of hydrogen-bond acceptors (Lipinski definition) is 6. The maximum Gasteiger partial charge on any atom is 0.271 e. The van der Waals surface area contributed by atoms with Crippen LogP contribution in [0.15, 0.2) is 45.7 Å². The van der Waals surface area contributed by atoms with Crippen LogP contribution < -0.4 is 5.56 Å². The summed E-state index contributed by atoms with van der Waals surface area (Å²) in [5, 5.41) is 1.80. The molecule has 0 N–H and O–H groups in total. The van der Waals surface area contributed by atoms with Crippen molar-refractivity contribution >= 4 is 37.5 Å². The summed E-state index contributed by atoms with van der Waals surface area (Å²) in [4.78, 5) is 31.5. The van der Waals surface area contributed by atoms with E-state index in [1.54, 1.807) is 22.4 Å². The van der Waals surface area contributed by atoms with E-state index >= 15 is 0 Å². The van der Waals surface area contributed by atoms with Gasteiger partial charge in [-0.3, -0.25) is 14.2 Å². The molecule has 1 aliphatic carbocycles. The van der Waals surface area contributed by atoms with Crippen molar-refractivity contribution in [2.24, 2.45) is 0 Å². The molecule has 10 heteroatoms. The van der Waals surface area contributed by atoms with Crippen LogP contribution in [0.4, 0.5) is 0 Å². The van der Waals surface area contributed by atoms with E-state index in [1.807, 2.05) is 12.1 Å². The fourth-order valence-corrected chi connectivity index (χ4v) is 6.70. The molecule has 0 radical (unpaired) electrons. The fourth-order valence-electron chi connectivity index (χ4n) is 4.43. The van der Waals surface area contributed by atoms with Gasteiger partial charge in [-0.25, -0.2) is 13.4 Å². The Hall–Kier alpha value is -2.56. The molecule has 0 spiro atoms. The average molecular weight is 473 g/mol. The molecule has 2 aromatic heterocycles. The third kappa shape index (κ3) is 3.87. The Bertz CT molecular complexity index is 1340. The lowest BCUT2D eigenvalue weighted by atomic mass is 9.92. The lowest BCUT2D eigenvalue weighted by Crippen LogP contribution is -2.51. The molecule has 3 aromatic rings. The Balaban J connectivity index is 1.25. The number of amides is 1. The summed E-state index contributed by atoms with van der Waals surface area (Å²) < 4.78 is 29.6. The van der Waals surface area contributed by atoms with Gasteiger partial charge in [-0.15, -0.1) is 11.3 Å². The summed E-state index contributed by atoms with van der Waals surface area (Å²) >= 11 is 1.31. The maximum absolute atomic E-state index is 13.2. The van der Waals surface area contributed by atoms with E-state index in [0.717, 1.165) is 31.2 Å². The molecule has 168 valence electrons. The van der Waals surface area contributed by atoms with Crippen molar-refractivity contribution in [1.82, 2.24) is 18.8 Å². The standard InChI is InChI=1S/C22H24N4O4S2/c27-20(14-25-15-23-19-7-12-31-21(19)22(25)28)24-8-10-26(11-9-24)32(29,30)18-6-5-16-3-1-2-4-17(16)13-18/h5-7,12-13,15H,1-4,8-11,14H2. The van der Waals surface area contributed by atoms with Crippen LogP contribution in [-0.2, 0) is 34.2 Å². The van der Waals surface area contributed by atoms with Crippen molar-refractivity contribution in [2.75, 3.05) is 26.2 Å². The van der Waals surface area contributed by atoms with Crippen LogP contribution in [0, 0.1) is 0 Å². The highest BCUT2D eigenvalue weighted by molar-refractivity contribution is 7.89. The molecule has 0 unspecified atom stereocenters. The number of hydrogen-bond donors (Lipinski definition) is 0. The van der Waals surface area contributed by atoms with Gasteiger partial charge >= 0.3 is 0 Å². The first-order valence-corrected chi connectivity index (χ1v) is 13.1. The molecule has 32 heavy (non-hydrogen) atoms. The Morgan fingerprint density at radius 3 is 2.56 bits per heavy atom. The second-order valence-electron chi connectivity index (χ2n) is 8.24. The van der Waals surface area contributed by atoms with Crippen molar-refractivity contribution in [1.29, 1.82) is 0 Å². The minimum Gasteiger partial charge on any atom is -0.338 e. The normalized spacial score (nSPS) is 17.4. The average Bonchev–Trinajstić information content (AvgIpc) is 3.30. The monoisotopic (exact) mass is 472 g/mol. The Morgan fingerprint density at radius 2 is 1.78 bits per heavy atom. The number of benzene rings is 1. The first-order chi connectivity index (χ1) is 15.4. The van der Waals surface area contributed by atoms with Gasteiger partial charge in [0, 0.05) is 26.2 Å². The van der Waals surface area contributed by atoms with Gasteiger partial charge in [-0.2, -0.15) is 4.31 Å². The number of aryl methyl sites for hydroxylation is 2. The fraction of sp³-hybridized carbons (Fsp3) is 0.409. The van der Waals surface area contributed by atoms with Crippen LogP contribution in [0.1, 0.15) is 24.0 Å². The molecule has 0 saturated carbocycles. The largest absolute Gasteiger partial charge is 0.338 e. The molecule has 1 fully saturated rings. The van der Waals surface area contributed by atoms with Gasteiger partial charge in [0.15, 0.2) is 0 Å². The van der Waals surface area contributed by atoms with Crippen molar-refractivity contribution in [2.45, 2.75) is 37.1 Å². The third-order valence-electron chi connectivity index (χ3n) is 6.29. The number of sulfonamides is 1. The number of carbonyl (C=O) groups excluding carboxylic acids is 1. The number of nitrogens with zero attached hydrogens (tertiary/aromatic N) is 4. The molecule has 1 saturated heterocycles. The summed E-state index contributed by atoms with van der Waals surface area (Å²) in [5.41, 5.74) is 2.78. The Kier molecular flexibility index (Phi) is 5.60. The number of rotatable bonds is 4. The first kappa shape index (κ1) is 21.3. The highest BCUT2D eigenvalue weighted by atomic mass is 32.2. The smallest absolute Gasteiger partial charge is 0.271 e. The molecule has 5 rings (SSSR count). The minimum absolute atomic E-state index is 0.1000. The van der Waals surface area contributed by atoms with Crippen LogP contribution in [0.25, 0.3) is 10.2 Å². The second kappa shape index (κ2) is 8.42. The van der Waals surface area contributed by atoms with E-state index in [9.17, 15) is 18.0 Å². The molecule has 2 aliphatic rings. The molecular formula is C22H24N4O4S2. The highest BCUT2D eigenvalue weighted by Gasteiger charge is 2.31. The van der Waals surface area contributed by atoms with Gasteiger partial charge in [0.05, 0.1) is 16.7 Å². The summed E-state index contributed by atoms with van der Waals surface area (Å²) in [5.74, 6) is -0.212. The van der Waals surface area contributed by atoms with Gasteiger partial charge in [-0.05, 0) is 60.4 Å². The van der Waals surface area contributed by atoms with Gasteiger partial charge < -0.3 is 4.90 Å². The molecule has 3 heterocycles. The molecule has 1 amide bonds. The molecule has 1 aliphatic heterocycles. The minimum atomic E-state index is -3.60. The molecule has 1 aromatic carbocycles. The highest BCUT2D eigenvalue weighted by Crippen LogP contribution is 2.26. The quantitative estimate of drug-likeness (QED) is 0.578.